The lowest BCUT2D eigenvalue weighted by Gasteiger charge is -2.13. The molecule has 0 saturated heterocycles. The van der Waals surface area contributed by atoms with Crippen LogP contribution in [0.1, 0.15) is 38.2 Å². The summed E-state index contributed by atoms with van der Waals surface area (Å²) in [5, 5.41) is 5.28. The van der Waals surface area contributed by atoms with Crippen molar-refractivity contribution in [1.29, 1.82) is 0 Å². The fourth-order valence-electron chi connectivity index (χ4n) is 3.51. The Morgan fingerprint density at radius 2 is 1.68 bits per heavy atom. The molecule has 0 radical (unpaired) electrons. The molecule has 0 aliphatic carbocycles. The highest BCUT2D eigenvalue weighted by Crippen LogP contribution is 2.27. The molecule has 3 aromatic carbocycles. The third kappa shape index (κ3) is 6.17. The first-order valence-electron chi connectivity index (χ1n) is 11.3. The van der Waals surface area contributed by atoms with Gasteiger partial charge in [-0.1, -0.05) is 54.1 Å². The van der Waals surface area contributed by atoms with Crippen molar-refractivity contribution in [1.82, 2.24) is 4.98 Å². The Hall–Kier alpha value is -4.14. The van der Waals surface area contributed by atoms with E-state index in [1.165, 1.54) is 35.6 Å². The first-order chi connectivity index (χ1) is 17.9. The van der Waals surface area contributed by atoms with Crippen LogP contribution in [-0.4, -0.2) is 41.5 Å². The van der Waals surface area contributed by atoms with Crippen LogP contribution in [-0.2, 0) is 14.3 Å². The number of carbonyl (C=O) groups is 4. The first kappa shape index (κ1) is 25.9. The van der Waals surface area contributed by atoms with Crippen LogP contribution in [0.2, 0.25) is 5.02 Å². The maximum absolute atomic E-state index is 13.4. The summed E-state index contributed by atoms with van der Waals surface area (Å²) in [7, 11) is 0. The second-order valence-corrected chi connectivity index (χ2v) is 9.12. The maximum Gasteiger partial charge on any atom is 0.376 e. The molecule has 4 rings (SSSR count). The summed E-state index contributed by atoms with van der Waals surface area (Å²) >= 11 is 7.28. The Balaban J connectivity index is 1.66. The number of benzene rings is 3. The summed E-state index contributed by atoms with van der Waals surface area (Å²) in [6, 6.07) is 20.4. The largest absolute Gasteiger partial charge is 0.460 e. The van der Waals surface area contributed by atoms with Crippen molar-refractivity contribution in [3.63, 3.8) is 0 Å². The number of thiazole rings is 1. The molecule has 37 heavy (non-hydrogen) atoms. The van der Waals surface area contributed by atoms with E-state index in [9.17, 15) is 19.2 Å². The van der Waals surface area contributed by atoms with Gasteiger partial charge >= 0.3 is 5.97 Å². The molecule has 0 saturated carbocycles. The lowest BCUT2D eigenvalue weighted by molar-refractivity contribution is -0.152. The van der Waals surface area contributed by atoms with Crippen LogP contribution >= 0.6 is 22.9 Å². The number of aromatic nitrogens is 1. The van der Waals surface area contributed by atoms with Gasteiger partial charge in [-0.15, -0.1) is 11.3 Å². The lowest BCUT2D eigenvalue weighted by atomic mass is 9.98. The fraction of sp³-hybridized carbons (Fsp3) is 0.107. The van der Waals surface area contributed by atoms with Crippen LogP contribution in [0.15, 0.2) is 78.2 Å². The van der Waals surface area contributed by atoms with Gasteiger partial charge in [0.1, 0.15) is 0 Å². The van der Waals surface area contributed by atoms with E-state index in [-0.39, 0.29) is 40.8 Å². The topological polar surface area (TPSA) is 102 Å². The van der Waals surface area contributed by atoms with Gasteiger partial charge in [-0.2, -0.15) is 0 Å². The SMILES string of the molecule is CCOC(=O)C(=O)CNc1ccc(C(=O)c2nc(-c3ccccc3)cs2)cc1C(=O)c1cccc(Cl)c1. The molecule has 0 amide bonds. The molecule has 0 unspecified atom stereocenters. The summed E-state index contributed by atoms with van der Waals surface area (Å²) in [5.74, 6) is -2.52. The highest BCUT2D eigenvalue weighted by atomic mass is 35.5. The first-order valence-corrected chi connectivity index (χ1v) is 12.6. The number of rotatable bonds is 10. The molecule has 0 atom stereocenters. The van der Waals surface area contributed by atoms with E-state index >= 15 is 0 Å². The van der Waals surface area contributed by atoms with E-state index in [4.69, 9.17) is 16.3 Å². The number of nitrogens with one attached hydrogen (secondary N) is 1. The second-order valence-electron chi connectivity index (χ2n) is 7.83. The van der Waals surface area contributed by atoms with Crippen molar-refractivity contribution >= 4 is 51.9 Å². The van der Waals surface area contributed by atoms with Gasteiger partial charge in [0.25, 0.3) is 5.78 Å². The van der Waals surface area contributed by atoms with E-state index in [1.807, 2.05) is 30.3 Å². The molecule has 0 bridgehead atoms. The molecular weight excluding hydrogens is 512 g/mol. The summed E-state index contributed by atoms with van der Waals surface area (Å²) in [4.78, 5) is 54.9. The van der Waals surface area contributed by atoms with Crippen LogP contribution in [0.5, 0.6) is 0 Å². The molecular formula is C28H21ClN2O5S. The van der Waals surface area contributed by atoms with Crippen molar-refractivity contribution in [3.8, 4) is 11.3 Å². The summed E-state index contributed by atoms with van der Waals surface area (Å²) in [6.45, 7) is 1.29. The number of esters is 1. The molecule has 1 N–H and O–H groups in total. The number of ketones is 3. The zero-order valence-electron chi connectivity index (χ0n) is 19.7. The monoisotopic (exact) mass is 532 g/mol. The molecule has 0 spiro atoms. The van der Waals surface area contributed by atoms with Gasteiger partial charge in [-0.25, -0.2) is 9.78 Å². The molecule has 186 valence electrons. The Morgan fingerprint density at radius 1 is 0.919 bits per heavy atom. The van der Waals surface area contributed by atoms with E-state index in [0.29, 0.717) is 16.3 Å². The Bertz CT molecular complexity index is 1480. The van der Waals surface area contributed by atoms with Crippen molar-refractivity contribution in [3.05, 3.63) is 105 Å². The van der Waals surface area contributed by atoms with Crippen molar-refractivity contribution in [2.24, 2.45) is 0 Å². The number of nitrogens with zero attached hydrogens (tertiary/aromatic N) is 1. The van der Waals surface area contributed by atoms with Gasteiger partial charge in [0.2, 0.25) is 5.78 Å². The van der Waals surface area contributed by atoms with Crippen LogP contribution < -0.4 is 5.32 Å². The number of Topliss-reactive ketones (excluding diaryl/α,β-unsaturated/α-hetero) is 1. The van der Waals surface area contributed by atoms with Gasteiger partial charge in [-0.3, -0.25) is 14.4 Å². The fourth-order valence-corrected chi connectivity index (χ4v) is 4.49. The summed E-state index contributed by atoms with van der Waals surface area (Å²) in [6.07, 6.45) is 0. The Labute approximate surface area is 222 Å². The minimum Gasteiger partial charge on any atom is -0.460 e. The quantitative estimate of drug-likeness (QED) is 0.164. The molecule has 0 aliphatic rings. The van der Waals surface area contributed by atoms with Gasteiger partial charge < -0.3 is 10.1 Å². The minimum atomic E-state index is -0.970. The van der Waals surface area contributed by atoms with Crippen LogP contribution in [0, 0.1) is 0 Å². The van der Waals surface area contributed by atoms with Gasteiger partial charge in [-0.05, 0) is 37.3 Å². The zero-order chi connectivity index (χ0) is 26.4. The van der Waals surface area contributed by atoms with Crippen LogP contribution in [0.25, 0.3) is 11.3 Å². The summed E-state index contributed by atoms with van der Waals surface area (Å²) < 4.78 is 4.73. The number of anilines is 1. The molecule has 9 heteroatoms. The smallest absolute Gasteiger partial charge is 0.376 e. The maximum atomic E-state index is 13.4. The lowest BCUT2D eigenvalue weighted by Crippen LogP contribution is -2.25. The highest BCUT2D eigenvalue weighted by Gasteiger charge is 2.21. The van der Waals surface area contributed by atoms with Crippen LogP contribution in [0.3, 0.4) is 0 Å². The molecule has 1 aromatic heterocycles. The molecule has 4 aromatic rings. The molecule has 0 aliphatic heterocycles. The Kier molecular flexibility index (Phi) is 8.22. The average molecular weight is 533 g/mol. The van der Waals surface area contributed by atoms with Crippen molar-refractivity contribution < 1.29 is 23.9 Å². The predicted octanol–water partition coefficient (Wildman–Crippen LogP) is 5.47. The molecule has 0 fully saturated rings. The highest BCUT2D eigenvalue weighted by molar-refractivity contribution is 7.12. The zero-order valence-corrected chi connectivity index (χ0v) is 21.3. The number of carbonyl (C=O) groups excluding carboxylic acids is 4. The van der Waals surface area contributed by atoms with Gasteiger partial charge in [0, 0.05) is 38.3 Å². The second kappa shape index (κ2) is 11.7. The van der Waals surface area contributed by atoms with E-state index in [2.05, 4.69) is 10.3 Å². The molecule has 1 heterocycles. The number of hydrogen-bond acceptors (Lipinski definition) is 8. The van der Waals surface area contributed by atoms with Crippen molar-refractivity contribution in [2.45, 2.75) is 6.92 Å². The standard InChI is InChI=1S/C28H21ClN2O5S/c1-2-36-28(35)24(32)15-30-22-12-11-19(14-21(22)25(33)18-9-6-10-20(29)13-18)26(34)27-31-23(16-37-27)17-7-4-3-5-8-17/h3-14,16,30H,2,15H2,1H3. The van der Waals surface area contributed by atoms with E-state index < -0.39 is 17.5 Å². The summed E-state index contributed by atoms with van der Waals surface area (Å²) in [5.41, 5.74) is 2.55. The third-order valence-electron chi connectivity index (χ3n) is 5.32. The normalized spacial score (nSPS) is 10.5. The molecule has 7 nitrogen and oxygen atoms in total. The number of ether oxygens (including phenoxy) is 1. The van der Waals surface area contributed by atoms with Crippen LogP contribution in [0.4, 0.5) is 5.69 Å². The predicted molar refractivity (Wildman–Crippen MR) is 142 cm³/mol. The van der Waals surface area contributed by atoms with Gasteiger partial charge in [0.15, 0.2) is 10.8 Å². The Morgan fingerprint density at radius 3 is 2.41 bits per heavy atom. The minimum absolute atomic E-state index is 0.0721. The van der Waals surface area contributed by atoms with E-state index in [0.717, 1.165) is 5.56 Å². The van der Waals surface area contributed by atoms with Crippen molar-refractivity contribution in [2.75, 3.05) is 18.5 Å². The average Bonchev–Trinajstić information content (AvgIpc) is 3.42. The number of halogens is 1. The van der Waals surface area contributed by atoms with E-state index in [1.54, 1.807) is 30.5 Å². The number of hydrogen-bond donors (Lipinski definition) is 1. The van der Waals surface area contributed by atoms with Gasteiger partial charge in [0.05, 0.1) is 18.8 Å². The third-order valence-corrected chi connectivity index (χ3v) is 6.40.